The van der Waals surface area contributed by atoms with Crippen LogP contribution in [0.4, 0.5) is 5.00 Å². The second-order valence-corrected chi connectivity index (χ2v) is 4.52. The Hall–Kier alpha value is -1.47. The summed E-state index contributed by atoms with van der Waals surface area (Å²) in [6, 6.07) is 2.75. The lowest BCUT2D eigenvalue weighted by Gasteiger charge is -2.10. The minimum atomic E-state index is -0.995. The van der Waals surface area contributed by atoms with Crippen molar-refractivity contribution in [2.24, 2.45) is 5.92 Å². The summed E-state index contributed by atoms with van der Waals surface area (Å²) in [6.45, 7) is 1.48. The molecule has 0 saturated heterocycles. The van der Waals surface area contributed by atoms with E-state index in [1.54, 1.807) is 0 Å². The molecule has 88 valence electrons. The summed E-state index contributed by atoms with van der Waals surface area (Å²) >= 11 is 0.861. The van der Waals surface area contributed by atoms with Crippen LogP contribution in [0.3, 0.4) is 0 Å². The third-order valence-electron chi connectivity index (χ3n) is 2.12. The molecule has 0 fully saturated rings. The van der Waals surface area contributed by atoms with Gasteiger partial charge in [0.15, 0.2) is 0 Å². The Balaban J connectivity index is 2.69. The van der Waals surface area contributed by atoms with Crippen LogP contribution >= 0.6 is 11.3 Å². The number of hydrogen-bond acceptors (Lipinski definition) is 5. The zero-order valence-corrected chi connectivity index (χ0v) is 9.31. The lowest BCUT2D eigenvalue weighted by Crippen LogP contribution is -2.13. The predicted molar refractivity (Wildman–Crippen MR) is 57.4 cm³/mol. The molecule has 0 radical (unpaired) electrons. The predicted octanol–water partition coefficient (Wildman–Crippen LogP) is 1.80. The van der Waals surface area contributed by atoms with Crippen LogP contribution in [0.5, 0.6) is 0 Å². The number of nitro groups is 1. The largest absolute Gasteiger partial charge is 0.481 e. The van der Waals surface area contributed by atoms with Crippen LogP contribution in [0.25, 0.3) is 0 Å². The molecule has 1 aromatic rings. The highest BCUT2D eigenvalue weighted by Crippen LogP contribution is 2.31. The first-order chi connectivity index (χ1) is 7.41. The summed E-state index contributed by atoms with van der Waals surface area (Å²) in [6.07, 6.45) is -0.919. The summed E-state index contributed by atoms with van der Waals surface area (Å²) < 4.78 is 0. The normalized spacial score (nSPS) is 14.4. The van der Waals surface area contributed by atoms with E-state index in [1.165, 1.54) is 19.1 Å². The monoisotopic (exact) mass is 245 g/mol. The lowest BCUT2D eigenvalue weighted by atomic mass is 10.0. The molecule has 16 heavy (non-hydrogen) atoms. The van der Waals surface area contributed by atoms with Crippen LogP contribution < -0.4 is 0 Å². The zero-order chi connectivity index (χ0) is 12.3. The number of nitrogens with zero attached hydrogens (tertiary/aromatic N) is 1. The number of aliphatic hydroxyl groups excluding tert-OH is 1. The Morgan fingerprint density at radius 1 is 1.62 bits per heavy atom. The standard InChI is InChI=1S/C9H11NO5S/c1-5(9(12)13)4-6(11)7-2-3-8(16-7)10(14)15/h2-3,5-6,11H,4H2,1H3,(H,12,13). The molecule has 6 nitrogen and oxygen atoms in total. The minimum Gasteiger partial charge on any atom is -0.481 e. The van der Waals surface area contributed by atoms with Gasteiger partial charge in [-0.2, -0.15) is 0 Å². The van der Waals surface area contributed by atoms with Gasteiger partial charge in [0.05, 0.1) is 16.9 Å². The topological polar surface area (TPSA) is 101 Å². The summed E-state index contributed by atoms with van der Waals surface area (Å²) in [5, 5.41) is 28.7. The van der Waals surface area contributed by atoms with Gasteiger partial charge in [0.1, 0.15) is 0 Å². The lowest BCUT2D eigenvalue weighted by molar-refractivity contribution is -0.380. The van der Waals surface area contributed by atoms with Crippen molar-refractivity contribution >= 4 is 22.3 Å². The first-order valence-corrected chi connectivity index (χ1v) is 5.38. The van der Waals surface area contributed by atoms with Gasteiger partial charge >= 0.3 is 11.0 Å². The number of hydrogen-bond donors (Lipinski definition) is 2. The maximum absolute atomic E-state index is 10.6. The van der Waals surface area contributed by atoms with E-state index in [0.717, 1.165) is 11.3 Å². The first kappa shape index (κ1) is 12.6. The molecule has 0 spiro atoms. The first-order valence-electron chi connectivity index (χ1n) is 4.56. The van der Waals surface area contributed by atoms with Crippen molar-refractivity contribution < 1.29 is 19.9 Å². The van der Waals surface area contributed by atoms with E-state index in [2.05, 4.69) is 0 Å². The molecule has 0 aliphatic carbocycles. The molecule has 2 N–H and O–H groups in total. The Labute approximate surface area is 95.3 Å². The molecule has 1 rings (SSSR count). The van der Waals surface area contributed by atoms with Gasteiger partial charge in [-0.3, -0.25) is 14.9 Å². The highest BCUT2D eigenvalue weighted by atomic mass is 32.1. The third-order valence-corrected chi connectivity index (χ3v) is 3.26. The molecule has 2 unspecified atom stereocenters. The molecule has 0 aromatic carbocycles. The molecule has 0 aliphatic rings. The van der Waals surface area contributed by atoms with Gasteiger partial charge in [-0.25, -0.2) is 0 Å². The van der Waals surface area contributed by atoms with Crippen molar-refractivity contribution in [2.75, 3.05) is 0 Å². The minimum absolute atomic E-state index is 0.0486. The average molecular weight is 245 g/mol. The summed E-state index contributed by atoms with van der Waals surface area (Å²) in [4.78, 5) is 20.8. The number of carboxylic acid groups (broad SMARTS) is 1. The maximum atomic E-state index is 10.6. The molecule has 0 bridgehead atoms. The number of aliphatic hydroxyl groups is 1. The van der Waals surface area contributed by atoms with Crippen molar-refractivity contribution in [3.05, 3.63) is 27.1 Å². The van der Waals surface area contributed by atoms with Gasteiger partial charge in [0, 0.05) is 10.9 Å². The van der Waals surface area contributed by atoms with Crippen molar-refractivity contribution in [3.63, 3.8) is 0 Å². The fourth-order valence-corrected chi connectivity index (χ4v) is 1.99. The molecule has 7 heteroatoms. The molecular formula is C9H11NO5S. The molecule has 0 amide bonds. The van der Waals surface area contributed by atoms with E-state index >= 15 is 0 Å². The van der Waals surface area contributed by atoms with E-state index in [1.807, 2.05) is 0 Å². The van der Waals surface area contributed by atoms with Crippen LogP contribution in [0.1, 0.15) is 24.3 Å². The van der Waals surface area contributed by atoms with Crippen LogP contribution in [-0.2, 0) is 4.79 Å². The number of rotatable bonds is 5. The van der Waals surface area contributed by atoms with Gasteiger partial charge in [0.25, 0.3) is 0 Å². The van der Waals surface area contributed by atoms with E-state index < -0.39 is 22.9 Å². The number of carboxylic acids is 1. The Morgan fingerprint density at radius 2 is 2.25 bits per heavy atom. The Kier molecular flexibility index (Phi) is 3.97. The van der Waals surface area contributed by atoms with Crippen LogP contribution in [0.15, 0.2) is 12.1 Å². The highest BCUT2D eigenvalue weighted by molar-refractivity contribution is 7.15. The highest BCUT2D eigenvalue weighted by Gasteiger charge is 2.21. The van der Waals surface area contributed by atoms with Gasteiger partial charge in [-0.15, -0.1) is 0 Å². The number of aliphatic carboxylic acids is 1. The second-order valence-electron chi connectivity index (χ2n) is 3.42. The van der Waals surface area contributed by atoms with E-state index in [9.17, 15) is 20.0 Å². The molecule has 0 saturated carbocycles. The van der Waals surface area contributed by atoms with Gasteiger partial charge in [0.2, 0.25) is 0 Å². The smallest absolute Gasteiger partial charge is 0.324 e. The second kappa shape index (κ2) is 5.04. The molecule has 1 heterocycles. The maximum Gasteiger partial charge on any atom is 0.324 e. The number of carbonyl (C=O) groups is 1. The van der Waals surface area contributed by atoms with Crippen LogP contribution in [-0.4, -0.2) is 21.1 Å². The molecular weight excluding hydrogens is 234 g/mol. The van der Waals surface area contributed by atoms with Gasteiger partial charge < -0.3 is 10.2 Å². The summed E-state index contributed by atoms with van der Waals surface area (Å²) in [7, 11) is 0. The van der Waals surface area contributed by atoms with E-state index in [-0.39, 0.29) is 11.4 Å². The Bertz CT molecular complexity index is 402. The summed E-state index contributed by atoms with van der Waals surface area (Å²) in [5.74, 6) is -1.68. The Morgan fingerprint density at radius 3 is 2.69 bits per heavy atom. The van der Waals surface area contributed by atoms with Gasteiger partial charge in [-0.05, 0) is 12.5 Å². The van der Waals surface area contributed by atoms with Crippen LogP contribution in [0.2, 0.25) is 0 Å². The van der Waals surface area contributed by atoms with Crippen molar-refractivity contribution in [2.45, 2.75) is 19.4 Å². The summed E-state index contributed by atoms with van der Waals surface area (Å²) in [5.41, 5.74) is 0. The quantitative estimate of drug-likeness (QED) is 0.608. The third kappa shape index (κ3) is 3.01. The average Bonchev–Trinajstić information content (AvgIpc) is 2.65. The van der Waals surface area contributed by atoms with Crippen molar-refractivity contribution in [1.29, 1.82) is 0 Å². The van der Waals surface area contributed by atoms with Gasteiger partial charge in [-0.1, -0.05) is 18.3 Å². The fourth-order valence-electron chi connectivity index (χ4n) is 1.17. The fraction of sp³-hybridized carbons (Fsp3) is 0.444. The van der Waals surface area contributed by atoms with Crippen molar-refractivity contribution in [3.8, 4) is 0 Å². The van der Waals surface area contributed by atoms with Crippen molar-refractivity contribution in [1.82, 2.24) is 0 Å². The number of thiophene rings is 1. The van der Waals surface area contributed by atoms with E-state index in [0.29, 0.717) is 4.88 Å². The molecule has 2 atom stereocenters. The SMILES string of the molecule is CC(CC(O)c1ccc([N+](=O)[O-])s1)C(=O)O. The zero-order valence-electron chi connectivity index (χ0n) is 8.49. The van der Waals surface area contributed by atoms with E-state index in [4.69, 9.17) is 5.11 Å². The molecule has 1 aromatic heterocycles. The molecule has 0 aliphatic heterocycles. The van der Waals surface area contributed by atoms with Crippen LogP contribution in [0, 0.1) is 16.0 Å².